The first-order valence-electron chi connectivity index (χ1n) is 5.40. The van der Waals surface area contributed by atoms with Gasteiger partial charge in [0.1, 0.15) is 12.4 Å². The lowest BCUT2D eigenvalue weighted by Crippen LogP contribution is -2.00. The van der Waals surface area contributed by atoms with Crippen LogP contribution in [0, 0.1) is 10.1 Å². The molecule has 0 atom stereocenters. The predicted octanol–water partition coefficient (Wildman–Crippen LogP) is 0.891. The molecule has 19 heavy (non-hydrogen) atoms. The van der Waals surface area contributed by atoms with Gasteiger partial charge in [0.2, 0.25) is 0 Å². The lowest BCUT2D eigenvalue weighted by atomic mass is 10.1. The molecule has 1 heterocycles. The molecule has 0 spiro atoms. The van der Waals surface area contributed by atoms with Gasteiger partial charge in [-0.1, -0.05) is 0 Å². The molecule has 2 rings (SSSR count). The van der Waals surface area contributed by atoms with Gasteiger partial charge < -0.3 is 14.4 Å². The first-order chi connectivity index (χ1) is 9.08. The van der Waals surface area contributed by atoms with E-state index in [0.717, 1.165) is 0 Å². The second kappa shape index (κ2) is 5.02. The molecule has 0 saturated heterocycles. The molecule has 100 valence electrons. The van der Waals surface area contributed by atoms with Gasteiger partial charge >= 0.3 is 0 Å². The minimum absolute atomic E-state index is 0.0647. The lowest BCUT2D eigenvalue weighted by molar-refractivity contribution is -0.384. The topological polar surface area (TPSA) is 103 Å². The fraction of sp³-hybridized carbons (Fsp3) is 0.273. The number of nitro groups is 1. The van der Waals surface area contributed by atoms with Crippen molar-refractivity contribution in [3.05, 3.63) is 34.1 Å². The Morgan fingerprint density at radius 3 is 2.74 bits per heavy atom. The van der Waals surface area contributed by atoms with Crippen molar-refractivity contribution in [2.75, 3.05) is 7.11 Å². The summed E-state index contributed by atoms with van der Waals surface area (Å²) in [4.78, 5) is 10.2. The van der Waals surface area contributed by atoms with Crippen molar-refractivity contribution in [2.24, 2.45) is 7.05 Å². The molecule has 0 aliphatic carbocycles. The number of non-ortho nitro benzene ring substituents is 1. The standard InChI is InChI=1S/C11H12N4O4/c1-14-10(6-16)12-13-11(14)8-4-3-7(15(17)18)5-9(8)19-2/h3-5,16H,6H2,1-2H3. The van der Waals surface area contributed by atoms with Crippen LogP contribution in [0.2, 0.25) is 0 Å². The van der Waals surface area contributed by atoms with Crippen molar-refractivity contribution in [2.45, 2.75) is 6.61 Å². The number of ether oxygens (including phenoxy) is 1. The Bertz CT molecular complexity index is 623. The first-order valence-corrected chi connectivity index (χ1v) is 5.40. The summed E-state index contributed by atoms with van der Waals surface area (Å²) in [5, 5.41) is 27.6. The molecule has 1 aromatic carbocycles. The van der Waals surface area contributed by atoms with Crippen LogP contribution in [-0.2, 0) is 13.7 Å². The molecule has 0 unspecified atom stereocenters. The molecule has 0 aliphatic heterocycles. The summed E-state index contributed by atoms with van der Waals surface area (Å²) >= 11 is 0. The molecule has 0 aliphatic rings. The number of aliphatic hydroxyl groups excluding tert-OH is 1. The largest absolute Gasteiger partial charge is 0.496 e. The molecule has 1 aromatic heterocycles. The number of nitro benzene ring substituents is 1. The van der Waals surface area contributed by atoms with Gasteiger partial charge in [0.05, 0.1) is 23.7 Å². The minimum atomic E-state index is -0.498. The van der Waals surface area contributed by atoms with Crippen molar-refractivity contribution in [3.8, 4) is 17.1 Å². The summed E-state index contributed by atoms with van der Waals surface area (Å²) in [7, 11) is 3.12. The number of nitrogens with zero attached hydrogens (tertiary/aromatic N) is 4. The van der Waals surface area contributed by atoms with Crippen LogP contribution in [-0.4, -0.2) is 31.9 Å². The zero-order chi connectivity index (χ0) is 14.0. The lowest BCUT2D eigenvalue weighted by Gasteiger charge is -2.08. The monoisotopic (exact) mass is 264 g/mol. The Balaban J connectivity index is 2.55. The number of benzene rings is 1. The van der Waals surface area contributed by atoms with E-state index >= 15 is 0 Å². The van der Waals surface area contributed by atoms with Crippen molar-refractivity contribution in [3.63, 3.8) is 0 Å². The summed E-state index contributed by atoms with van der Waals surface area (Å²) in [6.45, 7) is -0.237. The van der Waals surface area contributed by atoms with Gasteiger partial charge in [-0.3, -0.25) is 10.1 Å². The fourth-order valence-electron chi connectivity index (χ4n) is 1.71. The number of aromatic nitrogens is 3. The third-order valence-corrected chi connectivity index (χ3v) is 2.74. The summed E-state index contributed by atoms with van der Waals surface area (Å²) in [6, 6.07) is 4.23. The second-order valence-electron chi connectivity index (χ2n) is 3.80. The molecule has 8 nitrogen and oxygen atoms in total. The average molecular weight is 264 g/mol. The SMILES string of the molecule is COc1cc([N+](=O)[O-])ccc1-c1nnc(CO)n1C. The maximum absolute atomic E-state index is 10.7. The molecule has 0 saturated carbocycles. The molecular formula is C11H12N4O4. The zero-order valence-electron chi connectivity index (χ0n) is 10.4. The normalized spacial score (nSPS) is 10.5. The van der Waals surface area contributed by atoms with Gasteiger partial charge in [-0.15, -0.1) is 10.2 Å². The van der Waals surface area contributed by atoms with Crippen LogP contribution in [0.5, 0.6) is 5.75 Å². The number of hydrogen-bond donors (Lipinski definition) is 1. The Labute approximate surface area is 108 Å². The minimum Gasteiger partial charge on any atom is -0.496 e. The van der Waals surface area contributed by atoms with E-state index in [1.54, 1.807) is 17.7 Å². The molecule has 2 aromatic rings. The summed E-state index contributed by atoms with van der Waals surface area (Å²) in [5.74, 6) is 1.19. The Hall–Kier alpha value is -2.48. The summed E-state index contributed by atoms with van der Waals surface area (Å²) in [5.41, 5.74) is 0.507. The van der Waals surface area contributed by atoms with Crippen LogP contribution < -0.4 is 4.74 Å². The third-order valence-electron chi connectivity index (χ3n) is 2.74. The van der Waals surface area contributed by atoms with E-state index in [0.29, 0.717) is 23.0 Å². The van der Waals surface area contributed by atoms with Crippen LogP contribution in [0.1, 0.15) is 5.82 Å². The van der Waals surface area contributed by atoms with Crippen LogP contribution >= 0.6 is 0 Å². The molecule has 0 amide bonds. The van der Waals surface area contributed by atoms with Crippen molar-refractivity contribution >= 4 is 5.69 Å². The molecule has 1 N–H and O–H groups in total. The van der Waals surface area contributed by atoms with Gasteiger partial charge in [-0.05, 0) is 6.07 Å². The molecule has 8 heteroatoms. The molecule has 0 bridgehead atoms. The number of aliphatic hydroxyl groups is 1. The van der Waals surface area contributed by atoms with Crippen LogP contribution in [0.15, 0.2) is 18.2 Å². The van der Waals surface area contributed by atoms with Crippen LogP contribution in [0.3, 0.4) is 0 Å². The van der Waals surface area contributed by atoms with E-state index in [9.17, 15) is 10.1 Å². The van der Waals surface area contributed by atoms with Gasteiger partial charge in [0.15, 0.2) is 11.6 Å². The maximum Gasteiger partial charge on any atom is 0.273 e. The summed E-state index contributed by atoms with van der Waals surface area (Å²) < 4.78 is 6.74. The van der Waals surface area contributed by atoms with E-state index in [4.69, 9.17) is 9.84 Å². The zero-order valence-corrected chi connectivity index (χ0v) is 10.4. The third kappa shape index (κ3) is 2.25. The number of methoxy groups -OCH3 is 1. The van der Waals surface area contributed by atoms with Crippen LogP contribution in [0.4, 0.5) is 5.69 Å². The Kier molecular flexibility index (Phi) is 3.43. The average Bonchev–Trinajstić information content (AvgIpc) is 2.78. The highest BCUT2D eigenvalue weighted by Gasteiger charge is 2.17. The van der Waals surface area contributed by atoms with E-state index in [2.05, 4.69) is 10.2 Å². The summed E-state index contributed by atoms with van der Waals surface area (Å²) in [6.07, 6.45) is 0. The smallest absolute Gasteiger partial charge is 0.273 e. The Morgan fingerprint density at radius 2 is 2.21 bits per heavy atom. The number of rotatable bonds is 4. The van der Waals surface area contributed by atoms with Gasteiger partial charge in [0, 0.05) is 13.1 Å². The fourth-order valence-corrected chi connectivity index (χ4v) is 1.71. The van der Waals surface area contributed by atoms with Crippen LogP contribution in [0.25, 0.3) is 11.4 Å². The van der Waals surface area contributed by atoms with Crippen molar-refractivity contribution in [1.29, 1.82) is 0 Å². The molecule has 0 fully saturated rings. The second-order valence-corrected chi connectivity index (χ2v) is 3.80. The van der Waals surface area contributed by atoms with Crippen molar-refractivity contribution in [1.82, 2.24) is 14.8 Å². The number of hydrogen-bond acceptors (Lipinski definition) is 6. The quantitative estimate of drug-likeness (QED) is 0.649. The van der Waals surface area contributed by atoms with E-state index < -0.39 is 4.92 Å². The first kappa shape index (κ1) is 13.0. The molecule has 0 radical (unpaired) electrons. The Morgan fingerprint density at radius 1 is 1.47 bits per heavy atom. The maximum atomic E-state index is 10.7. The van der Waals surface area contributed by atoms with E-state index in [1.807, 2.05) is 0 Å². The molecular weight excluding hydrogens is 252 g/mol. The van der Waals surface area contributed by atoms with Gasteiger partial charge in [-0.25, -0.2) is 0 Å². The highest BCUT2D eigenvalue weighted by Crippen LogP contribution is 2.32. The van der Waals surface area contributed by atoms with Gasteiger partial charge in [-0.2, -0.15) is 0 Å². The highest BCUT2D eigenvalue weighted by atomic mass is 16.6. The highest BCUT2D eigenvalue weighted by molar-refractivity contribution is 5.67. The van der Waals surface area contributed by atoms with Gasteiger partial charge in [0.25, 0.3) is 5.69 Å². The van der Waals surface area contributed by atoms with Crippen molar-refractivity contribution < 1.29 is 14.8 Å². The van der Waals surface area contributed by atoms with E-state index in [-0.39, 0.29) is 12.3 Å². The van der Waals surface area contributed by atoms with E-state index in [1.165, 1.54) is 19.2 Å². The predicted molar refractivity (Wildman–Crippen MR) is 65.6 cm³/mol.